The first-order valence-electron chi connectivity index (χ1n) is 5.11. The molecule has 0 N–H and O–H groups in total. The average molecular weight is 276 g/mol. The molecule has 0 fully saturated rings. The summed E-state index contributed by atoms with van der Waals surface area (Å²) in [5, 5.41) is 9.94. The molecule has 1 aromatic carbocycles. The Hall–Kier alpha value is -1.82. The molecule has 0 saturated carbocycles. The maximum absolute atomic E-state index is 10.9. The third-order valence-corrected chi connectivity index (χ3v) is 2.10. The number of nitro benzene ring substituents is 1. The summed E-state index contributed by atoms with van der Waals surface area (Å²) in [6.07, 6.45) is 0. The van der Waals surface area contributed by atoms with Crippen molar-refractivity contribution in [2.75, 3.05) is 14.2 Å². The molecule has 7 heteroatoms. The minimum absolute atomic E-state index is 0.0222. The predicted octanol–water partition coefficient (Wildman–Crippen LogP) is 3.02. The maximum Gasteiger partial charge on any atom is 0.315 e. The zero-order valence-corrected chi connectivity index (χ0v) is 11.3. The van der Waals surface area contributed by atoms with Gasteiger partial charge in [-0.25, -0.2) is 0 Å². The number of hydrogen-bond acceptors (Lipinski definition) is 5. The molecule has 0 aliphatic heterocycles. The lowest BCUT2D eigenvalue weighted by atomic mass is 10.2. The molecule has 18 heavy (non-hydrogen) atoms. The summed E-state index contributed by atoms with van der Waals surface area (Å²) < 4.78 is 9.72. The van der Waals surface area contributed by atoms with E-state index in [1.807, 2.05) is 13.8 Å². The second-order valence-corrected chi connectivity index (χ2v) is 3.10. The van der Waals surface area contributed by atoms with Crippen LogP contribution in [0, 0.1) is 10.1 Å². The fourth-order valence-corrected chi connectivity index (χ4v) is 1.30. The predicted molar refractivity (Wildman–Crippen MR) is 67.7 cm³/mol. The highest BCUT2D eigenvalue weighted by molar-refractivity contribution is 6.67. The number of rotatable bonds is 4. The molecule has 1 aromatic rings. The number of carbonyl (C=O) groups excluding carboxylic acids is 1. The zero-order chi connectivity index (χ0) is 14.3. The number of nitrogens with zero attached hydrogens (tertiary/aromatic N) is 1. The fourth-order valence-electron chi connectivity index (χ4n) is 1.19. The van der Waals surface area contributed by atoms with Gasteiger partial charge in [0.15, 0.2) is 5.75 Å². The van der Waals surface area contributed by atoms with Gasteiger partial charge in [0.1, 0.15) is 0 Å². The van der Waals surface area contributed by atoms with Gasteiger partial charge in [0.05, 0.1) is 19.1 Å². The summed E-state index contributed by atoms with van der Waals surface area (Å²) in [6.45, 7) is 4.00. The Morgan fingerprint density at radius 2 is 1.83 bits per heavy atom. The number of benzene rings is 1. The van der Waals surface area contributed by atoms with Crippen LogP contribution >= 0.6 is 11.6 Å². The fraction of sp³-hybridized carbons (Fsp3) is 0.364. The summed E-state index contributed by atoms with van der Waals surface area (Å²) in [6, 6.07) is 2.32. The highest BCUT2D eigenvalue weighted by Crippen LogP contribution is 2.38. The van der Waals surface area contributed by atoms with E-state index in [0.29, 0.717) is 0 Å². The first kappa shape index (κ1) is 16.2. The third kappa shape index (κ3) is 3.59. The summed E-state index contributed by atoms with van der Waals surface area (Å²) in [4.78, 5) is 21.0. The number of methoxy groups -OCH3 is 2. The average Bonchev–Trinajstić information content (AvgIpc) is 2.38. The van der Waals surface area contributed by atoms with Crippen LogP contribution in [-0.4, -0.2) is 24.4 Å². The monoisotopic (exact) mass is 275 g/mol. The van der Waals surface area contributed by atoms with Crippen molar-refractivity contribution >= 4 is 22.5 Å². The summed E-state index contributed by atoms with van der Waals surface area (Å²) in [7, 11) is 2.58. The lowest BCUT2D eigenvalue weighted by Crippen LogP contribution is -2.00. The van der Waals surface area contributed by atoms with Gasteiger partial charge in [-0.15, -0.1) is 0 Å². The molecule has 0 bridgehead atoms. The molecule has 0 heterocycles. The minimum Gasteiger partial charge on any atom is -0.493 e. The van der Waals surface area contributed by atoms with Crippen molar-refractivity contribution in [3.05, 3.63) is 27.8 Å². The van der Waals surface area contributed by atoms with Crippen LogP contribution in [0.4, 0.5) is 5.69 Å². The van der Waals surface area contributed by atoms with E-state index in [-0.39, 0.29) is 22.7 Å². The molecule has 0 atom stereocenters. The topological polar surface area (TPSA) is 78.7 Å². The number of ether oxygens (including phenoxy) is 2. The molecular weight excluding hydrogens is 262 g/mol. The van der Waals surface area contributed by atoms with Crippen LogP contribution in [0.1, 0.15) is 24.2 Å². The Morgan fingerprint density at radius 1 is 1.28 bits per heavy atom. The molecule has 0 aliphatic rings. The van der Waals surface area contributed by atoms with Crippen molar-refractivity contribution in [3.8, 4) is 11.5 Å². The Morgan fingerprint density at radius 3 is 2.17 bits per heavy atom. The largest absolute Gasteiger partial charge is 0.493 e. The lowest BCUT2D eigenvalue weighted by Gasteiger charge is -2.08. The third-order valence-electron chi connectivity index (χ3n) is 1.88. The summed E-state index contributed by atoms with van der Waals surface area (Å²) in [5.74, 6) is 0.0369. The van der Waals surface area contributed by atoms with Gasteiger partial charge in [-0.2, -0.15) is 0 Å². The van der Waals surface area contributed by atoms with Crippen molar-refractivity contribution < 1.29 is 19.2 Å². The van der Waals surface area contributed by atoms with E-state index in [9.17, 15) is 14.9 Å². The molecular formula is C11H14ClNO5. The normalized spacial score (nSPS) is 8.94. The van der Waals surface area contributed by atoms with E-state index in [1.165, 1.54) is 20.3 Å². The molecule has 1 rings (SSSR count). The second-order valence-electron chi connectivity index (χ2n) is 2.76. The quantitative estimate of drug-likeness (QED) is 0.479. The first-order chi connectivity index (χ1) is 8.51. The van der Waals surface area contributed by atoms with Crippen molar-refractivity contribution in [2.45, 2.75) is 13.8 Å². The van der Waals surface area contributed by atoms with Crippen LogP contribution in [0.3, 0.4) is 0 Å². The molecule has 6 nitrogen and oxygen atoms in total. The van der Waals surface area contributed by atoms with Crippen LogP contribution in [-0.2, 0) is 0 Å². The molecule has 0 radical (unpaired) electrons. The molecule has 0 spiro atoms. The maximum atomic E-state index is 10.9. The first-order valence-corrected chi connectivity index (χ1v) is 5.49. The van der Waals surface area contributed by atoms with Crippen LogP contribution in [0.15, 0.2) is 12.1 Å². The van der Waals surface area contributed by atoms with Crippen LogP contribution < -0.4 is 9.47 Å². The lowest BCUT2D eigenvalue weighted by molar-refractivity contribution is -0.385. The number of nitro groups is 1. The smallest absolute Gasteiger partial charge is 0.315 e. The van der Waals surface area contributed by atoms with Gasteiger partial charge in [0.25, 0.3) is 5.24 Å². The van der Waals surface area contributed by atoms with E-state index in [4.69, 9.17) is 21.1 Å². The van der Waals surface area contributed by atoms with Crippen LogP contribution in [0.25, 0.3) is 0 Å². The standard InChI is InChI=1S/C9H8ClNO5.C2H6/c1-15-7-4-5(9(10)12)3-6(11(13)14)8(7)16-2;1-2/h3-4H,1-2H3;1-2H3. The van der Waals surface area contributed by atoms with Crippen LogP contribution in [0.2, 0.25) is 0 Å². The molecule has 0 aromatic heterocycles. The summed E-state index contributed by atoms with van der Waals surface area (Å²) >= 11 is 5.25. The number of carbonyl (C=O) groups is 1. The van der Waals surface area contributed by atoms with Gasteiger partial charge in [0, 0.05) is 11.6 Å². The zero-order valence-electron chi connectivity index (χ0n) is 10.5. The van der Waals surface area contributed by atoms with Crippen LogP contribution in [0.5, 0.6) is 11.5 Å². The highest BCUT2D eigenvalue weighted by atomic mass is 35.5. The molecule has 0 amide bonds. The Bertz CT molecular complexity index is 447. The van der Waals surface area contributed by atoms with E-state index >= 15 is 0 Å². The van der Waals surface area contributed by atoms with Gasteiger partial charge in [-0.05, 0) is 17.7 Å². The van der Waals surface area contributed by atoms with Gasteiger partial charge in [-0.1, -0.05) is 13.8 Å². The minimum atomic E-state index is -0.802. The van der Waals surface area contributed by atoms with E-state index in [2.05, 4.69) is 0 Å². The second kappa shape index (κ2) is 7.50. The SMILES string of the molecule is CC.COc1cc(C(=O)Cl)cc([N+](=O)[O-])c1OC. The van der Waals surface area contributed by atoms with Gasteiger partial charge >= 0.3 is 5.69 Å². The van der Waals surface area contributed by atoms with Gasteiger partial charge in [0.2, 0.25) is 5.75 Å². The van der Waals surface area contributed by atoms with Gasteiger partial charge in [-0.3, -0.25) is 14.9 Å². The molecule has 0 unspecified atom stereocenters. The molecule has 100 valence electrons. The van der Waals surface area contributed by atoms with E-state index < -0.39 is 10.2 Å². The Balaban J connectivity index is 0.00000137. The summed E-state index contributed by atoms with van der Waals surface area (Å²) in [5.41, 5.74) is -0.392. The number of hydrogen-bond donors (Lipinski definition) is 0. The van der Waals surface area contributed by atoms with Crippen molar-refractivity contribution in [2.24, 2.45) is 0 Å². The Kier molecular flexibility index (Phi) is 6.74. The molecule has 0 saturated heterocycles. The van der Waals surface area contributed by atoms with Crippen molar-refractivity contribution in [1.82, 2.24) is 0 Å². The van der Waals surface area contributed by atoms with E-state index in [1.54, 1.807) is 0 Å². The van der Waals surface area contributed by atoms with Crippen molar-refractivity contribution in [3.63, 3.8) is 0 Å². The number of halogens is 1. The Labute approximate surface area is 110 Å². The highest BCUT2D eigenvalue weighted by Gasteiger charge is 2.23. The molecule has 0 aliphatic carbocycles. The van der Waals surface area contributed by atoms with Gasteiger partial charge < -0.3 is 9.47 Å². The van der Waals surface area contributed by atoms with E-state index in [0.717, 1.165) is 6.07 Å². The van der Waals surface area contributed by atoms with Crippen molar-refractivity contribution in [1.29, 1.82) is 0 Å².